The minimum atomic E-state index is -1.29. The maximum atomic E-state index is 12.5. The highest BCUT2D eigenvalue weighted by atomic mass is 32.2. The number of carboxylic acid groups (broad SMARTS) is 1. The van der Waals surface area contributed by atoms with E-state index in [9.17, 15) is 14.7 Å². The third kappa shape index (κ3) is 3.39. The predicted octanol–water partition coefficient (Wildman–Crippen LogP) is 1.97. The van der Waals surface area contributed by atoms with Crippen molar-refractivity contribution in [2.24, 2.45) is 5.92 Å². The van der Waals surface area contributed by atoms with Crippen LogP contribution in [0.4, 0.5) is 0 Å². The average molecular weight is 334 g/mol. The maximum absolute atomic E-state index is 12.5. The van der Waals surface area contributed by atoms with E-state index in [1.807, 2.05) is 31.2 Å². The van der Waals surface area contributed by atoms with E-state index in [0.29, 0.717) is 4.91 Å². The first kappa shape index (κ1) is 16.7. The van der Waals surface area contributed by atoms with Gasteiger partial charge < -0.3 is 9.90 Å². The van der Waals surface area contributed by atoms with Gasteiger partial charge in [0.25, 0.3) is 5.91 Å². The normalized spacial score (nSPS) is 18.4. The topological polar surface area (TPSA) is 60.4 Å². The Bertz CT molecular complexity index is 667. The van der Waals surface area contributed by atoms with Crippen molar-refractivity contribution < 1.29 is 14.7 Å². The van der Waals surface area contributed by atoms with Crippen molar-refractivity contribution in [3.63, 3.8) is 0 Å². The molecule has 22 heavy (non-hydrogen) atoms. The Kier molecular flexibility index (Phi) is 5.03. The molecule has 1 aliphatic rings. The fraction of sp³-hybridized carbons (Fsp3) is 0.312. The van der Waals surface area contributed by atoms with Crippen LogP contribution in [-0.4, -0.2) is 27.1 Å². The second kappa shape index (κ2) is 6.62. The lowest BCUT2D eigenvalue weighted by Gasteiger charge is -2.30. The van der Waals surface area contributed by atoms with Gasteiger partial charge in [0.15, 0.2) is 0 Å². The summed E-state index contributed by atoms with van der Waals surface area (Å²) in [5.74, 6) is -1.95. The summed E-state index contributed by atoms with van der Waals surface area (Å²) >= 11 is 6.31. The fourth-order valence-corrected chi connectivity index (χ4v) is 3.64. The minimum absolute atomic E-state index is 0.256. The zero-order valence-corrected chi connectivity index (χ0v) is 14.2. The standard InChI is InChI=1S/C16H17NO3S2/c1-9(2)13(15(19)20)17-14(18)12(22-16(17)21)8-11-6-4-5-10(3)7-11/h4-9,13H,1-3H3,(H,19,20)/p-1/b12-8-/t13-/m0/s1. The Hall–Kier alpha value is -1.66. The molecule has 1 aliphatic heterocycles. The number of rotatable bonds is 4. The molecule has 6 heteroatoms. The third-order valence-electron chi connectivity index (χ3n) is 3.31. The summed E-state index contributed by atoms with van der Waals surface area (Å²) in [4.78, 5) is 25.4. The molecule has 0 unspecified atom stereocenters. The van der Waals surface area contributed by atoms with E-state index in [1.165, 1.54) is 0 Å². The highest BCUT2D eigenvalue weighted by molar-refractivity contribution is 8.26. The van der Waals surface area contributed by atoms with Crippen LogP contribution in [0.5, 0.6) is 0 Å². The molecule has 2 rings (SSSR count). The van der Waals surface area contributed by atoms with Crippen molar-refractivity contribution in [3.8, 4) is 0 Å². The van der Waals surface area contributed by atoms with Crippen LogP contribution in [0.2, 0.25) is 0 Å². The number of hydrogen-bond donors (Lipinski definition) is 0. The van der Waals surface area contributed by atoms with Crippen LogP contribution >= 0.6 is 24.0 Å². The first-order valence-corrected chi connectivity index (χ1v) is 8.08. The number of amides is 1. The number of carboxylic acids is 1. The van der Waals surface area contributed by atoms with Crippen LogP contribution < -0.4 is 5.11 Å². The molecule has 1 aromatic rings. The van der Waals surface area contributed by atoms with E-state index in [1.54, 1.807) is 19.9 Å². The van der Waals surface area contributed by atoms with E-state index < -0.39 is 12.0 Å². The molecule has 1 atom stereocenters. The molecule has 1 saturated heterocycles. The first-order chi connectivity index (χ1) is 10.3. The lowest BCUT2D eigenvalue weighted by molar-refractivity contribution is -0.311. The van der Waals surface area contributed by atoms with Gasteiger partial charge in [0.2, 0.25) is 0 Å². The van der Waals surface area contributed by atoms with Gasteiger partial charge in [-0.2, -0.15) is 0 Å². The van der Waals surface area contributed by atoms with E-state index in [0.717, 1.165) is 27.8 Å². The van der Waals surface area contributed by atoms with Crippen molar-refractivity contribution in [3.05, 3.63) is 40.3 Å². The predicted molar refractivity (Wildman–Crippen MR) is 89.8 cm³/mol. The Balaban J connectivity index is 2.34. The average Bonchev–Trinajstić information content (AvgIpc) is 2.66. The second-order valence-corrected chi connectivity index (χ2v) is 7.15. The smallest absolute Gasteiger partial charge is 0.266 e. The molecule has 1 heterocycles. The van der Waals surface area contributed by atoms with Crippen LogP contribution in [-0.2, 0) is 9.59 Å². The molecule has 0 radical (unpaired) electrons. The van der Waals surface area contributed by atoms with Crippen molar-refractivity contribution in [2.45, 2.75) is 26.8 Å². The monoisotopic (exact) mass is 334 g/mol. The van der Waals surface area contributed by atoms with E-state index in [4.69, 9.17) is 12.2 Å². The van der Waals surface area contributed by atoms with Gasteiger partial charge in [-0.1, -0.05) is 67.7 Å². The molecular weight excluding hydrogens is 318 g/mol. The van der Waals surface area contributed by atoms with Crippen LogP contribution in [0.1, 0.15) is 25.0 Å². The van der Waals surface area contributed by atoms with Gasteiger partial charge in [-0.3, -0.25) is 9.69 Å². The van der Waals surface area contributed by atoms with E-state index >= 15 is 0 Å². The number of aryl methyl sites for hydroxylation is 1. The zero-order chi connectivity index (χ0) is 16.4. The Morgan fingerprint density at radius 1 is 1.41 bits per heavy atom. The quantitative estimate of drug-likeness (QED) is 0.622. The summed E-state index contributed by atoms with van der Waals surface area (Å²) in [6.45, 7) is 5.42. The van der Waals surface area contributed by atoms with Gasteiger partial charge in [0.05, 0.1) is 16.9 Å². The SMILES string of the molecule is Cc1cccc(/C=C2\SC(=S)N([C@H](C(=O)[O-])C(C)C)C2=O)c1. The minimum Gasteiger partial charge on any atom is -0.548 e. The van der Waals surface area contributed by atoms with Crippen molar-refractivity contribution in [2.75, 3.05) is 0 Å². The summed E-state index contributed by atoms with van der Waals surface area (Å²) < 4.78 is 0.256. The lowest BCUT2D eigenvalue weighted by Crippen LogP contribution is -2.52. The lowest BCUT2D eigenvalue weighted by atomic mass is 10.0. The Morgan fingerprint density at radius 2 is 2.09 bits per heavy atom. The van der Waals surface area contributed by atoms with Crippen LogP contribution in [0.15, 0.2) is 29.2 Å². The molecule has 116 valence electrons. The largest absolute Gasteiger partial charge is 0.548 e. The number of carbonyl (C=O) groups is 2. The molecular formula is C16H16NO3S2-. The highest BCUT2D eigenvalue weighted by Crippen LogP contribution is 2.35. The number of thioether (sulfide) groups is 1. The maximum Gasteiger partial charge on any atom is 0.266 e. The van der Waals surface area contributed by atoms with Crippen molar-refractivity contribution >= 4 is 46.3 Å². The van der Waals surface area contributed by atoms with Crippen LogP contribution in [0, 0.1) is 12.8 Å². The van der Waals surface area contributed by atoms with Gasteiger partial charge in [-0.05, 0) is 24.5 Å². The molecule has 4 nitrogen and oxygen atoms in total. The molecule has 0 spiro atoms. The van der Waals surface area contributed by atoms with Crippen molar-refractivity contribution in [1.29, 1.82) is 0 Å². The number of benzene rings is 1. The molecule has 1 amide bonds. The highest BCUT2D eigenvalue weighted by Gasteiger charge is 2.38. The molecule has 0 N–H and O–H groups in total. The molecule has 0 aromatic heterocycles. The number of aliphatic carboxylic acids is 1. The zero-order valence-electron chi connectivity index (χ0n) is 12.5. The Labute approximate surface area is 139 Å². The van der Waals surface area contributed by atoms with E-state index in [-0.39, 0.29) is 16.1 Å². The molecule has 0 bridgehead atoms. The first-order valence-electron chi connectivity index (χ1n) is 6.86. The van der Waals surface area contributed by atoms with Gasteiger partial charge in [0.1, 0.15) is 4.32 Å². The molecule has 0 saturated carbocycles. The van der Waals surface area contributed by atoms with Gasteiger partial charge in [-0.25, -0.2) is 0 Å². The molecule has 1 aromatic carbocycles. The number of nitrogens with zero attached hydrogens (tertiary/aromatic N) is 1. The molecule has 0 aliphatic carbocycles. The van der Waals surface area contributed by atoms with Gasteiger partial charge >= 0.3 is 0 Å². The summed E-state index contributed by atoms with van der Waals surface area (Å²) in [6, 6.07) is 6.66. The van der Waals surface area contributed by atoms with E-state index in [2.05, 4.69) is 0 Å². The number of thiocarbonyl (C=S) groups is 1. The van der Waals surface area contributed by atoms with Gasteiger partial charge in [0, 0.05) is 0 Å². The third-order valence-corrected chi connectivity index (χ3v) is 4.64. The van der Waals surface area contributed by atoms with Gasteiger partial charge in [-0.15, -0.1) is 0 Å². The van der Waals surface area contributed by atoms with Crippen LogP contribution in [0.3, 0.4) is 0 Å². The second-order valence-electron chi connectivity index (χ2n) is 5.47. The van der Waals surface area contributed by atoms with Crippen LogP contribution in [0.25, 0.3) is 6.08 Å². The fourth-order valence-electron chi connectivity index (χ4n) is 2.31. The number of hydrogen-bond acceptors (Lipinski definition) is 5. The Morgan fingerprint density at radius 3 is 2.64 bits per heavy atom. The molecule has 1 fully saturated rings. The summed E-state index contributed by atoms with van der Waals surface area (Å²) in [6.07, 6.45) is 1.74. The van der Waals surface area contributed by atoms with Crippen molar-refractivity contribution in [1.82, 2.24) is 4.90 Å². The summed E-state index contributed by atoms with van der Waals surface area (Å²) in [7, 11) is 0. The summed E-state index contributed by atoms with van der Waals surface area (Å²) in [5.41, 5.74) is 1.97. The number of carbonyl (C=O) groups excluding carboxylic acids is 2. The summed E-state index contributed by atoms with van der Waals surface area (Å²) in [5, 5.41) is 11.3.